The lowest BCUT2D eigenvalue weighted by Gasteiger charge is -2.16. The maximum absolute atomic E-state index is 10.0. The summed E-state index contributed by atoms with van der Waals surface area (Å²) < 4.78 is 0. The van der Waals surface area contributed by atoms with Gasteiger partial charge in [0, 0.05) is 0 Å². The molecule has 0 spiro atoms. The van der Waals surface area contributed by atoms with Crippen molar-refractivity contribution in [2.45, 2.75) is 151 Å². The molecule has 0 aromatic carbocycles. The molecule has 2 N–H and O–H groups in total. The fourth-order valence-electron chi connectivity index (χ4n) is 5.13. The zero-order chi connectivity index (χ0) is 32.0. The van der Waals surface area contributed by atoms with Crippen LogP contribution in [0.4, 0.5) is 0 Å². The van der Waals surface area contributed by atoms with Crippen molar-refractivity contribution in [3.05, 3.63) is 105 Å². The van der Waals surface area contributed by atoms with E-state index in [1.807, 2.05) is 0 Å². The summed E-state index contributed by atoms with van der Waals surface area (Å²) in [5.41, 5.74) is 11.1. The Bertz CT molecular complexity index is 1090. The number of hydrogen-bond donors (Lipinski definition) is 2. The van der Waals surface area contributed by atoms with E-state index in [1.54, 1.807) is 18.2 Å². The lowest BCUT2D eigenvalue weighted by atomic mass is 9.97. The summed E-state index contributed by atoms with van der Waals surface area (Å²) in [4.78, 5) is 0. The maximum Gasteiger partial charge on any atom is 0.0936 e. The van der Waals surface area contributed by atoms with Crippen LogP contribution in [0.5, 0.6) is 0 Å². The van der Waals surface area contributed by atoms with Crippen molar-refractivity contribution in [2.24, 2.45) is 0 Å². The van der Waals surface area contributed by atoms with Gasteiger partial charge >= 0.3 is 0 Å². The molecule has 43 heavy (non-hydrogen) atoms. The molecule has 0 aromatic heterocycles. The van der Waals surface area contributed by atoms with Gasteiger partial charge in [-0.05, 0) is 151 Å². The predicted octanol–water partition coefficient (Wildman–Crippen LogP) is 11.9. The van der Waals surface area contributed by atoms with Crippen LogP contribution in [0.1, 0.15) is 139 Å². The lowest BCUT2D eigenvalue weighted by Crippen LogP contribution is -2.15. The van der Waals surface area contributed by atoms with Gasteiger partial charge < -0.3 is 10.2 Å². The van der Waals surface area contributed by atoms with Crippen LogP contribution in [-0.4, -0.2) is 22.4 Å². The van der Waals surface area contributed by atoms with Crippen LogP contribution in [-0.2, 0) is 0 Å². The number of hydrogen-bond acceptors (Lipinski definition) is 2. The van der Waals surface area contributed by atoms with E-state index in [0.717, 1.165) is 69.8 Å². The largest absolute Gasteiger partial charge is 0.385 e. The molecule has 1 aliphatic rings. The van der Waals surface area contributed by atoms with E-state index in [-0.39, 0.29) is 0 Å². The minimum absolute atomic E-state index is 0.571. The summed E-state index contributed by atoms with van der Waals surface area (Å²) >= 11 is 0. The van der Waals surface area contributed by atoms with Crippen molar-refractivity contribution in [2.75, 3.05) is 0 Å². The second kappa shape index (κ2) is 23.0. The average Bonchev–Trinajstić information content (AvgIpc) is 2.93. The summed E-state index contributed by atoms with van der Waals surface area (Å²) in [5, 5.41) is 19.8. The Morgan fingerprint density at radius 1 is 0.488 bits per heavy atom. The highest BCUT2D eigenvalue weighted by Crippen LogP contribution is 2.20. The lowest BCUT2D eigenvalue weighted by molar-refractivity contribution is 0.228. The molecule has 2 heteroatoms. The van der Waals surface area contributed by atoms with Gasteiger partial charge in [0.2, 0.25) is 0 Å². The van der Waals surface area contributed by atoms with Crippen LogP contribution in [0.25, 0.3) is 0 Å². The molecule has 2 nitrogen and oxygen atoms in total. The van der Waals surface area contributed by atoms with E-state index >= 15 is 0 Å². The van der Waals surface area contributed by atoms with Crippen molar-refractivity contribution in [3.8, 4) is 0 Å². The molecule has 0 aliphatic heterocycles. The number of aliphatic hydroxyl groups excluding tert-OH is 2. The van der Waals surface area contributed by atoms with Crippen molar-refractivity contribution in [1.82, 2.24) is 0 Å². The smallest absolute Gasteiger partial charge is 0.0936 e. The minimum Gasteiger partial charge on any atom is -0.385 e. The number of rotatable bonds is 20. The molecule has 0 bridgehead atoms. The minimum atomic E-state index is -0.576. The van der Waals surface area contributed by atoms with Gasteiger partial charge in [0.05, 0.1) is 12.2 Å². The Kier molecular flexibility index (Phi) is 20.7. The van der Waals surface area contributed by atoms with Crippen LogP contribution in [0, 0.1) is 0 Å². The molecule has 0 fully saturated rings. The highest BCUT2D eigenvalue weighted by Gasteiger charge is 2.12. The first kappa shape index (κ1) is 38.6. The van der Waals surface area contributed by atoms with E-state index in [1.165, 1.54) is 51.9 Å². The van der Waals surface area contributed by atoms with Crippen LogP contribution >= 0.6 is 0 Å². The van der Waals surface area contributed by atoms with Crippen LogP contribution < -0.4 is 0 Å². The molecule has 2 atom stereocenters. The Morgan fingerprint density at radius 2 is 0.814 bits per heavy atom. The topological polar surface area (TPSA) is 40.5 Å². The van der Waals surface area contributed by atoms with Crippen molar-refractivity contribution in [1.29, 1.82) is 0 Å². The highest BCUT2D eigenvalue weighted by molar-refractivity contribution is 5.27. The second-order valence-electron chi connectivity index (χ2n) is 13.1. The summed E-state index contributed by atoms with van der Waals surface area (Å²) in [6.07, 6.45) is 34.8. The Morgan fingerprint density at radius 3 is 1.16 bits per heavy atom. The van der Waals surface area contributed by atoms with E-state index in [2.05, 4.69) is 97.9 Å². The zero-order valence-electron chi connectivity index (χ0n) is 29.0. The van der Waals surface area contributed by atoms with Gasteiger partial charge in [0.1, 0.15) is 0 Å². The van der Waals surface area contributed by atoms with E-state index in [9.17, 15) is 10.2 Å². The van der Waals surface area contributed by atoms with E-state index in [4.69, 9.17) is 0 Å². The molecule has 1 aliphatic carbocycles. The third-order valence-corrected chi connectivity index (χ3v) is 8.19. The number of aliphatic hydroxyl groups is 2. The van der Waals surface area contributed by atoms with Crippen LogP contribution in [0.15, 0.2) is 105 Å². The molecule has 2 unspecified atom stereocenters. The first-order valence-electron chi connectivity index (χ1n) is 16.8. The molecule has 240 valence electrons. The molecule has 0 radical (unpaired) electrons. The fourth-order valence-corrected chi connectivity index (χ4v) is 5.13. The molecular formula is C41H64O2. The summed E-state index contributed by atoms with van der Waals surface area (Å²) in [6.45, 7) is 17.8. The van der Waals surface area contributed by atoms with Gasteiger partial charge in [-0.2, -0.15) is 0 Å². The average molecular weight is 589 g/mol. The summed E-state index contributed by atoms with van der Waals surface area (Å²) in [5.74, 6) is 0. The Balaban J connectivity index is 2.24. The van der Waals surface area contributed by atoms with Crippen molar-refractivity contribution in [3.63, 3.8) is 0 Å². The van der Waals surface area contributed by atoms with Crippen molar-refractivity contribution >= 4 is 0 Å². The molecule has 0 aromatic rings. The first-order valence-corrected chi connectivity index (χ1v) is 16.8. The molecule has 0 amide bonds. The molecule has 1 rings (SSSR count). The molecular weight excluding hydrogens is 524 g/mol. The zero-order valence-corrected chi connectivity index (χ0v) is 29.0. The van der Waals surface area contributed by atoms with Crippen molar-refractivity contribution < 1.29 is 10.2 Å². The van der Waals surface area contributed by atoms with Gasteiger partial charge in [0.15, 0.2) is 0 Å². The SMILES string of the molecule is CC(C)=CCC/C(C)=C/CC/C(C)=C/CC/C(C)=C/CC/C(C)=C/CC/C(C)=C/CC/C(C)=C/CC1=CC(O)C=CC1O. The predicted molar refractivity (Wildman–Crippen MR) is 191 cm³/mol. The van der Waals surface area contributed by atoms with Crippen LogP contribution in [0.3, 0.4) is 0 Å². The fraction of sp³-hybridized carbons (Fsp3) is 0.561. The van der Waals surface area contributed by atoms with Gasteiger partial charge in [0.25, 0.3) is 0 Å². The van der Waals surface area contributed by atoms with Crippen LogP contribution in [0.2, 0.25) is 0 Å². The van der Waals surface area contributed by atoms with E-state index in [0.29, 0.717) is 6.42 Å². The van der Waals surface area contributed by atoms with Gasteiger partial charge in [-0.25, -0.2) is 0 Å². The third kappa shape index (κ3) is 21.0. The maximum atomic E-state index is 10.0. The third-order valence-electron chi connectivity index (χ3n) is 8.19. The molecule has 0 saturated heterocycles. The monoisotopic (exact) mass is 588 g/mol. The van der Waals surface area contributed by atoms with E-state index < -0.39 is 12.2 Å². The quantitative estimate of drug-likeness (QED) is 0.139. The number of allylic oxidation sites excluding steroid dienone is 14. The highest BCUT2D eigenvalue weighted by atomic mass is 16.3. The summed E-state index contributed by atoms with van der Waals surface area (Å²) in [7, 11) is 0. The summed E-state index contributed by atoms with van der Waals surface area (Å²) in [6, 6.07) is 0. The standard InChI is InChI=1S/C41H64O2/c1-32(2)15-9-16-33(3)17-10-18-34(4)19-11-20-35(5)21-12-22-36(6)23-13-24-37(7)25-14-26-38(8)27-28-39-31-40(42)29-30-41(39)43/h15,17,19,21,23,25,27,29-31,40-43H,9-14,16,18,20,22,24,26,28H2,1-8H3/b33-17+,34-19+,35-21+,36-23+,37-25+,38-27+. The normalized spacial score (nSPS) is 19.2. The second-order valence-corrected chi connectivity index (χ2v) is 13.1. The van der Waals surface area contributed by atoms with Gasteiger partial charge in [-0.15, -0.1) is 0 Å². The van der Waals surface area contributed by atoms with Gasteiger partial charge in [-0.3, -0.25) is 0 Å². The Hall–Kier alpha value is -2.42. The molecule has 0 saturated carbocycles. The van der Waals surface area contributed by atoms with Gasteiger partial charge in [-0.1, -0.05) is 93.7 Å². The molecule has 0 heterocycles. The first-order chi connectivity index (χ1) is 20.5. The Labute approximate surface area is 266 Å².